The van der Waals surface area contributed by atoms with Crippen LogP contribution in [0.5, 0.6) is 0 Å². The number of pyridine rings is 1. The van der Waals surface area contributed by atoms with Crippen molar-refractivity contribution in [2.24, 2.45) is 0 Å². The fourth-order valence-electron chi connectivity index (χ4n) is 2.84. The van der Waals surface area contributed by atoms with Crippen LogP contribution in [-0.4, -0.2) is 22.3 Å². The molecule has 1 amide bonds. The van der Waals surface area contributed by atoms with Gasteiger partial charge in [0, 0.05) is 24.8 Å². The quantitative estimate of drug-likeness (QED) is 0.774. The molecule has 2 aromatic carbocycles. The first-order valence-corrected chi connectivity index (χ1v) is 8.31. The molecular weight excluding hydrogens is 312 g/mol. The minimum atomic E-state index is -0.363. The molecule has 0 unspecified atom stereocenters. The number of nitrogens with zero attached hydrogens (tertiary/aromatic N) is 1. The molecule has 3 rings (SSSR count). The predicted molar refractivity (Wildman–Crippen MR) is 99.4 cm³/mol. The van der Waals surface area contributed by atoms with E-state index in [1.165, 1.54) is 0 Å². The molecule has 1 aromatic heterocycles. The molecule has 0 bridgehead atoms. The number of hydrogen-bond donors (Lipinski definition) is 1. The topological polar surface area (TPSA) is 53.2 Å². The molecule has 3 aromatic rings. The van der Waals surface area contributed by atoms with E-state index in [1.807, 2.05) is 67.6 Å². The van der Waals surface area contributed by atoms with Crippen molar-refractivity contribution in [3.8, 4) is 11.1 Å². The summed E-state index contributed by atoms with van der Waals surface area (Å²) in [7, 11) is 0. The van der Waals surface area contributed by atoms with E-state index in [9.17, 15) is 9.59 Å². The average Bonchev–Trinajstić information content (AvgIpc) is 2.67. The largest absolute Gasteiger partial charge is 0.334 e. The Morgan fingerprint density at radius 3 is 2.24 bits per heavy atom. The summed E-state index contributed by atoms with van der Waals surface area (Å²) in [5.41, 5.74) is 2.37. The number of hydrogen-bond acceptors (Lipinski definition) is 2. The maximum Gasteiger partial charge on any atom is 0.261 e. The maximum atomic E-state index is 13.1. The van der Waals surface area contributed by atoms with Gasteiger partial charge in [-0.2, -0.15) is 0 Å². The zero-order valence-corrected chi connectivity index (χ0v) is 14.1. The highest BCUT2D eigenvalue weighted by molar-refractivity contribution is 6.00. The van der Waals surface area contributed by atoms with E-state index in [4.69, 9.17) is 0 Å². The number of carbonyl (C=O) groups excluding carboxylic acids is 1. The van der Waals surface area contributed by atoms with Crippen LogP contribution in [0.25, 0.3) is 11.1 Å². The van der Waals surface area contributed by atoms with Crippen molar-refractivity contribution in [1.82, 2.24) is 9.88 Å². The lowest BCUT2D eigenvalue weighted by molar-refractivity contribution is 0.0751. The Bertz CT molecular complexity index is 902. The molecule has 0 aliphatic heterocycles. The first-order chi connectivity index (χ1) is 12.2. The monoisotopic (exact) mass is 332 g/mol. The minimum absolute atomic E-state index is 0.187. The van der Waals surface area contributed by atoms with Crippen LogP contribution in [0.3, 0.4) is 0 Å². The summed E-state index contributed by atoms with van der Waals surface area (Å²) >= 11 is 0. The number of nitrogens with one attached hydrogen (secondary N) is 1. The van der Waals surface area contributed by atoms with Crippen molar-refractivity contribution in [2.45, 2.75) is 13.5 Å². The van der Waals surface area contributed by atoms with Gasteiger partial charge < -0.3 is 9.88 Å². The normalized spacial score (nSPS) is 10.4. The fourth-order valence-corrected chi connectivity index (χ4v) is 2.84. The molecule has 4 heteroatoms. The third-order valence-corrected chi connectivity index (χ3v) is 4.14. The molecule has 0 aliphatic carbocycles. The van der Waals surface area contributed by atoms with Crippen molar-refractivity contribution in [1.29, 1.82) is 0 Å². The summed E-state index contributed by atoms with van der Waals surface area (Å²) in [5, 5.41) is 0. The van der Waals surface area contributed by atoms with Gasteiger partial charge in [0.05, 0.1) is 0 Å². The summed E-state index contributed by atoms with van der Waals surface area (Å²) < 4.78 is 0. The van der Waals surface area contributed by atoms with Crippen LogP contribution in [0, 0.1) is 0 Å². The second kappa shape index (κ2) is 7.62. The van der Waals surface area contributed by atoms with E-state index in [2.05, 4.69) is 4.98 Å². The Kier molecular flexibility index (Phi) is 5.09. The number of carbonyl (C=O) groups is 1. The number of amides is 1. The van der Waals surface area contributed by atoms with Gasteiger partial charge in [-0.1, -0.05) is 60.7 Å². The van der Waals surface area contributed by atoms with Gasteiger partial charge in [-0.25, -0.2) is 0 Å². The van der Waals surface area contributed by atoms with E-state index in [-0.39, 0.29) is 17.0 Å². The van der Waals surface area contributed by atoms with Crippen LogP contribution in [0.2, 0.25) is 0 Å². The second-order valence-corrected chi connectivity index (χ2v) is 5.77. The molecule has 4 nitrogen and oxygen atoms in total. The van der Waals surface area contributed by atoms with Gasteiger partial charge in [-0.3, -0.25) is 9.59 Å². The second-order valence-electron chi connectivity index (χ2n) is 5.77. The molecule has 25 heavy (non-hydrogen) atoms. The van der Waals surface area contributed by atoms with Crippen LogP contribution in [-0.2, 0) is 6.54 Å². The first kappa shape index (κ1) is 16.7. The number of rotatable bonds is 5. The number of H-pyrrole nitrogens is 1. The standard InChI is InChI=1S/C21H20N2O2/c1-2-23(15-16-9-5-3-6-10-16)21(25)19-18(13-14-22-20(19)24)17-11-7-4-8-12-17/h3-14H,2,15H2,1H3,(H,22,24). The van der Waals surface area contributed by atoms with E-state index < -0.39 is 0 Å². The lowest BCUT2D eigenvalue weighted by Crippen LogP contribution is -2.34. The van der Waals surface area contributed by atoms with E-state index in [0.717, 1.165) is 11.1 Å². The summed E-state index contributed by atoms with van der Waals surface area (Å²) in [6.45, 7) is 2.91. The lowest BCUT2D eigenvalue weighted by Gasteiger charge is -2.22. The average molecular weight is 332 g/mol. The molecule has 0 radical (unpaired) electrons. The van der Waals surface area contributed by atoms with E-state index >= 15 is 0 Å². The van der Waals surface area contributed by atoms with Gasteiger partial charge in [0.2, 0.25) is 0 Å². The van der Waals surface area contributed by atoms with E-state index in [0.29, 0.717) is 18.7 Å². The van der Waals surface area contributed by atoms with E-state index in [1.54, 1.807) is 17.2 Å². The van der Waals surface area contributed by atoms with Crippen LogP contribution in [0.1, 0.15) is 22.8 Å². The van der Waals surface area contributed by atoms with Gasteiger partial charge in [0.25, 0.3) is 11.5 Å². The molecule has 0 atom stereocenters. The van der Waals surface area contributed by atoms with Crippen LogP contribution in [0.4, 0.5) is 0 Å². The Hall–Kier alpha value is -3.14. The fraction of sp³-hybridized carbons (Fsp3) is 0.143. The van der Waals surface area contributed by atoms with Crippen LogP contribution >= 0.6 is 0 Å². The highest BCUT2D eigenvalue weighted by Crippen LogP contribution is 2.22. The molecule has 0 saturated heterocycles. The highest BCUT2D eigenvalue weighted by atomic mass is 16.2. The van der Waals surface area contributed by atoms with Gasteiger partial charge in [-0.05, 0) is 24.1 Å². The summed E-state index contributed by atoms with van der Waals surface area (Å²) in [6.07, 6.45) is 1.58. The lowest BCUT2D eigenvalue weighted by atomic mass is 10.0. The van der Waals surface area contributed by atoms with Gasteiger partial charge >= 0.3 is 0 Å². The molecule has 0 aliphatic rings. The smallest absolute Gasteiger partial charge is 0.261 e. The molecule has 0 saturated carbocycles. The first-order valence-electron chi connectivity index (χ1n) is 8.31. The van der Waals surface area contributed by atoms with Crippen molar-refractivity contribution in [3.05, 3.63) is 94.4 Å². The summed E-state index contributed by atoms with van der Waals surface area (Å²) in [6, 6.07) is 21.1. The Labute approximate surface area is 146 Å². The third-order valence-electron chi connectivity index (χ3n) is 4.14. The number of benzene rings is 2. The van der Waals surface area contributed by atoms with Crippen molar-refractivity contribution in [2.75, 3.05) is 6.54 Å². The highest BCUT2D eigenvalue weighted by Gasteiger charge is 2.22. The molecule has 1 N–H and O–H groups in total. The number of aromatic nitrogens is 1. The molecule has 0 fully saturated rings. The molecule has 126 valence electrons. The van der Waals surface area contributed by atoms with Gasteiger partial charge in [0.1, 0.15) is 5.56 Å². The Morgan fingerprint density at radius 2 is 1.60 bits per heavy atom. The SMILES string of the molecule is CCN(Cc1ccccc1)C(=O)c1c(-c2ccccc2)cc[nH]c1=O. The number of aromatic amines is 1. The predicted octanol–water partition coefficient (Wildman–Crippen LogP) is 3.70. The Morgan fingerprint density at radius 1 is 0.960 bits per heavy atom. The molecule has 1 heterocycles. The van der Waals surface area contributed by atoms with Gasteiger partial charge in [0.15, 0.2) is 0 Å². The molecule has 0 spiro atoms. The van der Waals surface area contributed by atoms with Crippen LogP contribution in [0.15, 0.2) is 77.7 Å². The van der Waals surface area contributed by atoms with Gasteiger partial charge in [-0.15, -0.1) is 0 Å². The summed E-state index contributed by atoms with van der Waals surface area (Å²) in [5.74, 6) is -0.257. The maximum absolute atomic E-state index is 13.1. The zero-order chi connectivity index (χ0) is 17.6. The van der Waals surface area contributed by atoms with Crippen molar-refractivity contribution >= 4 is 5.91 Å². The third kappa shape index (κ3) is 3.69. The molecular formula is C21H20N2O2. The van der Waals surface area contributed by atoms with Crippen LogP contribution < -0.4 is 5.56 Å². The summed E-state index contributed by atoms with van der Waals surface area (Å²) in [4.78, 5) is 29.8. The van der Waals surface area contributed by atoms with Crippen molar-refractivity contribution in [3.63, 3.8) is 0 Å². The Balaban J connectivity index is 2.00. The van der Waals surface area contributed by atoms with Crippen molar-refractivity contribution < 1.29 is 4.79 Å². The minimum Gasteiger partial charge on any atom is -0.334 e. The zero-order valence-electron chi connectivity index (χ0n) is 14.1.